The van der Waals surface area contributed by atoms with Crippen molar-refractivity contribution >= 4 is 29.9 Å². The summed E-state index contributed by atoms with van der Waals surface area (Å²) in [6, 6.07) is 11.1. The van der Waals surface area contributed by atoms with Gasteiger partial charge in [-0.3, -0.25) is 4.99 Å². The Morgan fingerprint density at radius 3 is 2.40 bits per heavy atom. The summed E-state index contributed by atoms with van der Waals surface area (Å²) in [5, 5.41) is 6.62. The molecule has 0 unspecified atom stereocenters. The fraction of sp³-hybridized carbons (Fsp3) is 0.562. The fourth-order valence-corrected chi connectivity index (χ4v) is 1.95. The second-order valence-electron chi connectivity index (χ2n) is 5.09. The van der Waals surface area contributed by atoms with Gasteiger partial charge in [0, 0.05) is 19.6 Å². The molecule has 0 amide bonds. The molecule has 0 heterocycles. The Bertz CT molecular complexity index is 363. The quantitative estimate of drug-likeness (QED) is 0.324. The highest BCUT2D eigenvalue weighted by Crippen LogP contribution is 2.05. The van der Waals surface area contributed by atoms with Crippen molar-refractivity contribution in [2.45, 2.75) is 45.6 Å². The molecule has 1 rings (SSSR count). The molecule has 2 N–H and O–H groups in total. The van der Waals surface area contributed by atoms with Gasteiger partial charge >= 0.3 is 0 Å². The van der Waals surface area contributed by atoms with E-state index in [1.165, 1.54) is 31.2 Å². The van der Waals surface area contributed by atoms with E-state index in [0.717, 1.165) is 12.5 Å². The van der Waals surface area contributed by atoms with E-state index in [2.05, 4.69) is 59.8 Å². The van der Waals surface area contributed by atoms with E-state index in [0.29, 0.717) is 6.04 Å². The van der Waals surface area contributed by atoms with Gasteiger partial charge in [0.2, 0.25) is 0 Å². The van der Waals surface area contributed by atoms with Crippen LogP contribution in [0.4, 0.5) is 0 Å². The van der Waals surface area contributed by atoms with Gasteiger partial charge in [0.25, 0.3) is 0 Å². The lowest BCUT2D eigenvalue weighted by Gasteiger charge is -2.14. The van der Waals surface area contributed by atoms with Crippen LogP contribution in [0.1, 0.15) is 38.7 Å². The normalized spacial score (nSPS) is 11.1. The molecule has 0 fully saturated rings. The zero-order valence-corrected chi connectivity index (χ0v) is 15.2. The highest BCUT2D eigenvalue weighted by Gasteiger charge is 1.98. The number of halogens is 1. The van der Waals surface area contributed by atoms with Crippen molar-refractivity contribution in [3.63, 3.8) is 0 Å². The Kier molecular flexibility index (Phi) is 11.5. The van der Waals surface area contributed by atoms with Crippen molar-refractivity contribution in [1.82, 2.24) is 10.6 Å². The van der Waals surface area contributed by atoms with E-state index < -0.39 is 0 Å². The SMILES string of the molecule is CN=C(NCCCCCc1ccccc1)NC(C)C.I. The minimum Gasteiger partial charge on any atom is -0.356 e. The first-order chi connectivity index (χ1) is 9.22. The molecule has 0 aliphatic rings. The number of unbranched alkanes of at least 4 members (excludes halogenated alkanes) is 2. The number of nitrogens with one attached hydrogen (secondary N) is 2. The van der Waals surface area contributed by atoms with Crippen molar-refractivity contribution in [3.05, 3.63) is 35.9 Å². The summed E-state index contributed by atoms with van der Waals surface area (Å²) in [6.07, 6.45) is 4.87. The third-order valence-corrected chi connectivity index (χ3v) is 2.93. The van der Waals surface area contributed by atoms with Crippen LogP contribution in [0.5, 0.6) is 0 Å². The third kappa shape index (κ3) is 9.18. The highest BCUT2D eigenvalue weighted by molar-refractivity contribution is 14.0. The van der Waals surface area contributed by atoms with Gasteiger partial charge in [0.1, 0.15) is 0 Å². The van der Waals surface area contributed by atoms with Crippen molar-refractivity contribution in [2.75, 3.05) is 13.6 Å². The van der Waals surface area contributed by atoms with E-state index in [4.69, 9.17) is 0 Å². The molecule has 1 aromatic carbocycles. The number of aryl methyl sites for hydroxylation is 1. The maximum absolute atomic E-state index is 4.19. The maximum atomic E-state index is 4.19. The summed E-state index contributed by atoms with van der Waals surface area (Å²) in [5.74, 6) is 0.901. The summed E-state index contributed by atoms with van der Waals surface area (Å²) in [4.78, 5) is 4.19. The summed E-state index contributed by atoms with van der Waals surface area (Å²) in [6.45, 7) is 5.22. The van der Waals surface area contributed by atoms with Gasteiger partial charge in [-0.1, -0.05) is 36.8 Å². The van der Waals surface area contributed by atoms with Crippen molar-refractivity contribution in [2.24, 2.45) is 4.99 Å². The number of guanidine groups is 1. The lowest BCUT2D eigenvalue weighted by atomic mass is 10.1. The predicted molar refractivity (Wildman–Crippen MR) is 99.0 cm³/mol. The number of nitrogens with zero attached hydrogens (tertiary/aromatic N) is 1. The number of aliphatic imine (C=N–C) groups is 1. The molecular formula is C16H28IN3. The van der Waals surface area contributed by atoms with Crippen LogP contribution < -0.4 is 10.6 Å². The molecule has 1 aromatic rings. The van der Waals surface area contributed by atoms with E-state index in [-0.39, 0.29) is 24.0 Å². The second-order valence-corrected chi connectivity index (χ2v) is 5.09. The van der Waals surface area contributed by atoms with Gasteiger partial charge in [-0.25, -0.2) is 0 Å². The predicted octanol–water partition coefficient (Wildman–Crippen LogP) is 3.59. The molecule has 3 nitrogen and oxygen atoms in total. The minimum atomic E-state index is 0. The lowest BCUT2D eigenvalue weighted by molar-refractivity contribution is 0.643. The molecule has 0 saturated carbocycles. The first-order valence-corrected chi connectivity index (χ1v) is 7.23. The van der Waals surface area contributed by atoms with Crippen LogP contribution in [-0.2, 0) is 6.42 Å². The zero-order valence-electron chi connectivity index (χ0n) is 12.9. The average Bonchev–Trinajstić information content (AvgIpc) is 2.42. The van der Waals surface area contributed by atoms with E-state index in [9.17, 15) is 0 Å². The first-order valence-electron chi connectivity index (χ1n) is 7.23. The number of hydrogen-bond acceptors (Lipinski definition) is 1. The van der Waals surface area contributed by atoms with Crippen LogP contribution in [0, 0.1) is 0 Å². The molecule has 0 aromatic heterocycles. The largest absolute Gasteiger partial charge is 0.356 e. The van der Waals surface area contributed by atoms with Gasteiger partial charge in [-0.2, -0.15) is 0 Å². The number of benzene rings is 1. The molecule has 0 radical (unpaired) electrons. The van der Waals surface area contributed by atoms with Crippen LogP contribution in [0.25, 0.3) is 0 Å². The lowest BCUT2D eigenvalue weighted by Crippen LogP contribution is -2.41. The monoisotopic (exact) mass is 389 g/mol. The van der Waals surface area contributed by atoms with Crippen molar-refractivity contribution < 1.29 is 0 Å². The Balaban J connectivity index is 0.00000361. The smallest absolute Gasteiger partial charge is 0.191 e. The number of rotatable bonds is 7. The third-order valence-electron chi connectivity index (χ3n) is 2.93. The number of hydrogen-bond donors (Lipinski definition) is 2. The molecule has 0 spiro atoms. The van der Waals surface area contributed by atoms with Crippen LogP contribution in [0.3, 0.4) is 0 Å². The molecule has 0 atom stereocenters. The fourth-order valence-electron chi connectivity index (χ4n) is 1.95. The molecule has 114 valence electrons. The van der Waals surface area contributed by atoms with E-state index in [1.807, 2.05) is 7.05 Å². The van der Waals surface area contributed by atoms with Gasteiger partial charge in [-0.05, 0) is 38.7 Å². The highest BCUT2D eigenvalue weighted by atomic mass is 127. The van der Waals surface area contributed by atoms with Gasteiger partial charge in [-0.15, -0.1) is 24.0 Å². The summed E-state index contributed by atoms with van der Waals surface area (Å²) < 4.78 is 0. The average molecular weight is 389 g/mol. The van der Waals surface area contributed by atoms with Crippen molar-refractivity contribution in [3.8, 4) is 0 Å². The Morgan fingerprint density at radius 2 is 1.80 bits per heavy atom. The van der Waals surface area contributed by atoms with Crippen molar-refractivity contribution in [1.29, 1.82) is 0 Å². The maximum Gasteiger partial charge on any atom is 0.191 e. The summed E-state index contributed by atoms with van der Waals surface area (Å²) >= 11 is 0. The Hall–Kier alpha value is -0.780. The first kappa shape index (κ1) is 19.2. The molecule has 0 bridgehead atoms. The van der Waals surface area contributed by atoms with Gasteiger partial charge in [0.15, 0.2) is 5.96 Å². The van der Waals surface area contributed by atoms with Crippen LogP contribution >= 0.6 is 24.0 Å². The molecule has 0 aliphatic heterocycles. The topological polar surface area (TPSA) is 36.4 Å². The van der Waals surface area contributed by atoms with Crippen LogP contribution in [0.15, 0.2) is 35.3 Å². The van der Waals surface area contributed by atoms with Gasteiger partial charge < -0.3 is 10.6 Å². The minimum absolute atomic E-state index is 0. The van der Waals surface area contributed by atoms with E-state index in [1.54, 1.807) is 0 Å². The molecule has 0 aliphatic carbocycles. The van der Waals surface area contributed by atoms with Crippen LogP contribution in [-0.4, -0.2) is 25.6 Å². The Labute approximate surface area is 140 Å². The van der Waals surface area contributed by atoms with Crippen LogP contribution in [0.2, 0.25) is 0 Å². The molecule has 0 saturated heterocycles. The molecular weight excluding hydrogens is 361 g/mol. The van der Waals surface area contributed by atoms with E-state index >= 15 is 0 Å². The molecule has 20 heavy (non-hydrogen) atoms. The standard InChI is InChI=1S/C16H27N3.HI/c1-14(2)19-16(17-3)18-13-9-5-8-12-15-10-6-4-7-11-15;/h4,6-7,10-11,14H,5,8-9,12-13H2,1-3H3,(H2,17,18,19);1H. The zero-order chi connectivity index (χ0) is 13.9. The summed E-state index contributed by atoms with van der Waals surface area (Å²) in [7, 11) is 1.81. The van der Waals surface area contributed by atoms with Gasteiger partial charge in [0.05, 0.1) is 0 Å². The Morgan fingerprint density at radius 1 is 1.10 bits per heavy atom. The summed E-state index contributed by atoms with van der Waals surface area (Å²) in [5.41, 5.74) is 1.44. The second kappa shape index (κ2) is 12.0. The molecule has 4 heteroatoms.